The van der Waals surface area contributed by atoms with Crippen LogP contribution in [0.2, 0.25) is 0 Å². The molecule has 2 aliphatic carbocycles. The van der Waals surface area contributed by atoms with Crippen LogP contribution >= 0.6 is 0 Å². The van der Waals surface area contributed by atoms with Crippen molar-refractivity contribution in [2.45, 2.75) is 71.4 Å². The van der Waals surface area contributed by atoms with Crippen molar-refractivity contribution in [3.63, 3.8) is 0 Å². The molecule has 16 heavy (non-hydrogen) atoms. The van der Waals surface area contributed by atoms with Crippen LogP contribution in [0.5, 0.6) is 0 Å². The first-order chi connectivity index (χ1) is 7.36. The number of hydrogen-bond acceptors (Lipinski definition) is 2. The van der Waals surface area contributed by atoms with Gasteiger partial charge in [-0.3, -0.25) is 4.84 Å². The van der Waals surface area contributed by atoms with Gasteiger partial charge in [0.05, 0.1) is 5.60 Å². The van der Waals surface area contributed by atoms with Gasteiger partial charge in [-0.2, -0.15) is 5.48 Å². The minimum atomic E-state index is 0.169. The second kappa shape index (κ2) is 3.02. The molecule has 1 saturated heterocycles. The topological polar surface area (TPSA) is 21.3 Å². The van der Waals surface area contributed by atoms with E-state index < -0.39 is 0 Å². The van der Waals surface area contributed by atoms with Crippen LogP contribution in [0.3, 0.4) is 0 Å². The molecule has 0 radical (unpaired) electrons. The van der Waals surface area contributed by atoms with Crippen LogP contribution in [0.25, 0.3) is 0 Å². The van der Waals surface area contributed by atoms with Gasteiger partial charge in [0.15, 0.2) is 0 Å². The fraction of sp³-hybridized carbons (Fsp3) is 1.00. The van der Waals surface area contributed by atoms with E-state index in [0.717, 1.165) is 5.92 Å². The highest BCUT2D eigenvalue weighted by Gasteiger charge is 2.61. The molecule has 1 N–H and O–H groups in total. The lowest BCUT2D eigenvalue weighted by molar-refractivity contribution is -0.149. The second-order valence-corrected chi connectivity index (χ2v) is 7.63. The first-order valence-electron chi connectivity index (χ1n) is 6.79. The van der Waals surface area contributed by atoms with Crippen LogP contribution in [0.4, 0.5) is 0 Å². The van der Waals surface area contributed by atoms with E-state index in [2.05, 4.69) is 33.2 Å². The predicted octanol–water partition coefficient (Wildman–Crippen LogP) is 3.27. The van der Waals surface area contributed by atoms with E-state index in [1.165, 1.54) is 32.1 Å². The average molecular weight is 223 g/mol. The summed E-state index contributed by atoms with van der Waals surface area (Å²) in [7, 11) is 0. The molecule has 0 aromatic rings. The molecule has 2 saturated carbocycles. The highest BCUT2D eigenvalue weighted by molar-refractivity contribution is 5.11. The zero-order chi connectivity index (χ0) is 11.6. The third kappa shape index (κ3) is 1.32. The summed E-state index contributed by atoms with van der Waals surface area (Å²) in [6.07, 6.45) is 6.51. The monoisotopic (exact) mass is 223 g/mol. The zero-order valence-corrected chi connectivity index (χ0v) is 11.1. The second-order valence-electron chi connectivity index (χ2n) is 7.63. The Labute approximate surface area is 99.1 Å². The Morgan fingerprint density at radius 2 is 1.75 bits per heavy atom. The molecule has 0 aromatic heterocycles. The molecule has 0 unspecified atom stereocenters. The molecule has 1 spiro atoms. The van der Waals surface area contributed by atoms with Gasteiger partial charge in [0.1, 0.15) is 0 Å². The SMILES string of the molecule is CC1(C)C[C@H]2C(C)(C)CCC[C@@]23C[C@H]1NO3. The first-order valence-corrected chi connectivity index (χ1v) is 6.79. The van der Waals surface area contributed by atoms with Gasteiger partial charge in [-0.1, -0.05) is 27.7 Å². The molecule has 2 heteroatoms. The minimum Gasteiger partial charge on any atom is -0.295 e. The summed E-state index contributed by atoms with van der Waals surface area (Å²) in [4.78, 5) is 6.09. The van der Waals surface area contributed by atoms with Gasteiger partial charge in [-0.05, 0) is 48.9 Å². The van der Waals surface area contributed by atoms with Crippen molar-refractivity contribution >= 4 is 0 Å². The summed E-state index contributed by atoms with van der Waals surface area (Å²) >= 11 is 0. The van der Waals surface area contributed by atoms with Crippen LogP contribution in [-0.2, 0) is 4.84 Å². The quantitative estimate of drug-likeness (QED) is 0.680. The lowest BCUT2D eigenvalue weighted by Gasteiger charge is -2.54. The first kappa shape index (κ1) is 11.0. The van der Waals surface area contributed by atoms with Gasteiger partial charge in [0.25, 0.3) is 0 Å². The van der Waals surface area contributed by atoms with Crippen molar-refractivity contribution in [2.75, 3.05) is 0 Å². The van der Waals surface area contributed by atoms with Crippen molar-refractivity contribution in [3.8, 4) is 0 Å². The number of nitrogens with one attached hydrogen (secondary N) is 1. The van der Waals surface area contributed by atoms with Crippen molar-refractivity contribution < 1.29 is 4.84 Å². The predicted molar refractivity (Wildman–Crippen MR) is 64.9 cm³/mol. The van der Waals surface area contributed by atoms with Crippen LogP contribution < -0.4 is 5.48 Å². The van der Waals surface area contributed by atoms with Gasteiger partial charge >= 0.3 is 0 Å². The standard InChI is InChI=1S/C14H25NO/c1-12(2)6-5-7-14-9-11(15-16-14)13(3,4)8-10(12)14/h10-11,15H,5-9H2,1-4H3/t10-,11+,14+/m0/s1. The van der Waals surface area contributed by atoms with Gasteiger partial charge in [-0.15, -0.1) is 0 Å². The summed E-state index contributed by atoms with van der Waals surface area (Å²) in [6, 6.07) is 0.567. The van der Waals surface area contributed by atoms with E-state index in [1.54, 1.807) is 0 Å². The largest absolute Gasteiger partial charge is 0.295 e. The Morgan fingerprint density at radius 3 is 2.50 bits per heavy atom. The zero-order valence-electron chi connectivity index (χ0n) is 11.1. The lowest BCUT2D eigenvalue weighted by atomic mass is 9.51. The molecule has 92 valence electrons. The third-order valence-corrected chi connectivity index (χ3v) is 5.63. The maximum Gasteiger partial charge on any atom is 0.0946 e. The summed E-state index contributed by atoms with van der Waals surface area (Å²) in [5.74, 6) is 0.731. The van der Waals surface area contributed by atoms with Crippen LogP contribution in [0, 0.1) is 16.7 Å². The molecule has 1 aliphatic heterocycles. The van der Waals surface area contributed by atoms with Crippen molar-refractivity contribution in [1.82, 2.24) is 5.48 Å². The van der Waals surface area contributed by atoms with Gasteiger partial charge in [0, 0.05) is 6.04 Å². The normalized spacial score (nSPS) is 48.8. The van der Waals surface area contributed by atoms with Crippen molar-refractivity contribution in [2.24, 2.45) is 16.7 Å². The minimum absolute atomic E-state index is 0.169. The molecule has 3 aliphatic rings. The number of fused-ring (bicyclic) bond motifs is 1. The van der Waals surface area contributed by atoms with E-state index in [4.69, 9.17) is 4.84 Å². The molecule has 3 fully saturated rings. The molecular weight excluding hydrogens is 198 g/mol. The van der Waals surface area contributed by atoms with E-state index >= 15 is 0 Å². The summed E-state index contributed by atoms with van der Waals surface area (Å²) in [5, 5.41) is 0. The highest BCUT2D eigenvalue weighted by atomic mass is 16.7. The molecule has 3 rings (SSSR count). The maximum absolute atomic E-state index is 6.09. The number of rotatable bonds is 0. The number of hydroxylamine groups is 1. The third-order valence-electron chi connectivity index (χ3n) is 5.63. The Hall–Kier alpha value is -0.0800. The summed E-state index contributed by atoms with van der Waals surface area (Å²) < 4.78 is 0. The Morgan fingerprint density at radius 1 is 1.00 bits per heavy atom. The molecule has 1 heterocycles. The average Bonchev–Trinajstić information content (AvgIpc) is 2.53. The number of hydrogen-bond donors (Lipinski definition) is 1. The molecular formula is C14H25NO. The Balaban J connectivity index is 1.99. The Bertz CT molecular complexity index is 310. The van der Waals surface area contributed by atoms with Crippen LogP contribution in [-0.4, -0.2) is 11.6 Å². The maximum atomic E-state index is 6.09. The Kier molecular flexibility index (Phi) is 2.09. The van der Waals surface area contributed by atoms with Crippen molar-refractivity contribution in [1.29, 1.82) is 0 Å². The van der Waals surface area contributed by atoms with Crippen LogP contribution in [0.1, 0.15) is 59.8 Å². The molecule has 2 nitrogen and oxygen atoms in total. The summed E-state index contributed by atoms with van der Waals surface area (Å²) in [6.45, 7) is 9.68. The lowest BCUT2D eigenvalue weighted by Crippen LogP contribution is -2.54. The van der Waals surface area contributed by atoms with Gasteiger partial charge in [0.2, 0.25) is 0 Å². The van der Waals surface area contributed by atoms with Crippen LogP contribution in [0.15, 0.2) is 0 Å². The molecule has 3 atom stereocenters. The van der Waals surface area contributed by atoms with Crippen molar-refractivity contribution in [3.05, 3.63) is 0 Å². The molecule has 0 aromatic carbocycles. The molecule has 0 amide bonds. The molecule has 2 bridgehead atoms. The summed E-state index contributed by atoms with van der Waals surface area (Å²) in [5.41, 5.74) is 4.34. The fourth-order valence-electron chi connectivity index (χ4n) is 4.45. The van der Waals surface area contributed by atoms with Gasteiger partial charge in [-0.25, -0.2) is 0 Å². The van der Waals surface area contributed by atoms with E-state index in [1.807, 2.05) is 0 Å². The van der Waals surface area contributed by atoms with Gasteiger partial charge < -0.3 is 0 Å². The fourth-order valence-corrected chi connectivity index (χ4v) is 4.45. The smallest absolute Gasteiger partial charge is 0.0946 e. The van der Waals surface area contributed by atoms with E-state index in [0.29, 0.717) is 16.9 Å². The highest BCUT2D eigenvalue weighted by Crippen LogP contribution is 2.60. The van der Waals surface area contributed by atoms with E-state index in [9.17, 15) is 0 Å². The van der Waals surface area contributed by atoms with E-state index in [-0.39, 0.29) is 5.60 Å².